The molecule has 0 amide bonds. The van der Waals surface area contributed by atoms with Crippen LogP contribution in [-0.2, 0) is 14.3 Å². The van der Waals surface area contributed by atoms with E-state index in [0.29, 0.717) is 57.6 Å². The number of hydrogen-bond donors (Lipinski definition) is 2. The number of aliphatic hydroxyl groups is 1. The standard InChI is InChI=1S/C15H25NO4/c1-2-20-13(17)14(5-7-19-8-6-14)15(18)9-11-3-4-12(10-15)16-11/h11-12,16,18H,2-10H2,1H3. The lowest BCUT2D eigenvalue weighted by Crippen LogP contribution is -2.62. The minimum Gasteiger partial charge on any atom is -0.465 e. The summed E-state index contributed by atoms with van der Waals surface area (Å²) in [7, 11) is 0. The monoisotopic (exact) mass is 283 g/mol. The molecule has 3 saturated heterocycles. The fourth-order valence-corrected chi connectivity index (χ4v) is 4.36. The van der Waals surface area contributed by atoms with E-state index in [1.807, 2.05) is 6.92 Å². The van der Waals surface area contributed by atoms with Crippen LogP contribution in [0.15, 0.2) is 0 Å². The van der Waals surface area contributed by atoms with Crippen molar-refractivity contribution in [3.8, 4) is 0 Å². The molecule has 3 aliphatic heterocycles. The molecule has 5 nitrogen and oxygen atoms in total. The van der Waals surface area contributed by atoms with Gasteiger partial charge < -0.3 is 19.9 Å². The maximum absolute atomic E-state index is 12.6. The fourth-order valence-electron chi connectivity index (χ4n) is 4.36. The highest BCUT2D eigenvalue weighted by Crippen LogP contribution is 2.50. The smallest absolute Gasteiger partial charge is 0.315 e. The molecule has 0 aromatic rings. The molecular weight excluding hydrogens is 258 g/mol. The summed E-state index contributed by atoms with van der Waals surface area (Å²) in [6.07, 6.45) is 4.65. The Morgan fingerprint density at radius 1 is 1.30 bits per heavy atom. The first-order valence-corrected chi connectivity index (χ1v) is 7.83. The molecule has 2 N–H and O–H groups in total. The number of nitrogens with one attached hydrogen (secondary N) is 1. The van der Waals surface area contributed by atoms with Crippen molar-refractivity contribution in [1.82, 2.24) is 5.32 Å². The van der Waals surface area contributed by atoms with Crippen LogP contribution in [-0.4, -0.2) is 48.6 Å². The normalized spacial score (nSPS) is 39.5. The van der Waals surface area contributed by atoms with Gasteiger partial charge in [-0.2, -0.15) is 0 Å². The van der Waals surface area contributed by atoms with Gasteiger partial charge >= 0.3 is 5.97 Å². The van der Waals surface area contributed by atoms with Crippen molar-refractivity contribution in [2.75, 3.05) is 19.8 Å². The van der Waals surface area contributed by atoms with Crippen molar-refractivity contribution >= 4 is 5.97 Å². The van der Waals surface area contributed by atoms with Gasteiger partial charge in [0.05, 0.1) is 12.2 Å². The van der Waals surface area contributed by atoms with Crippen LogP contribution in [0, 0.1) is 5.41 Å². The first-order chi connectivity index (χ1) is 9.60. The van der Waals surface area contributed by atoms with Gasteiger partial charge in [0.25, 0.3) is 0 Å². The second-order valence-electron chi connectivity index (χ2n) is 6.49. The van der Waals surface area contributed by atoms with E-state index in [0.717, 1.165) is 12.8 Å². The van der Waals surface area contributed by atoms with E-state index in [1.165, 1.54) is 0 Å². The molecule has 0 radical (unpaired) electrons. The minimum absolute atomic E-state index is 0.230. The summed E-state index contributed by atoms with van der Waals surface area (Å²) >= 11 is 0. The zero-order valence-corrected chi connectivity index (χ0v) is 12.2. The zero-order valence-electron chi connectivity index (χ0n) is 12.2. The Kier molecular flexibility index (Phi) is 3.77. The van der Waals surface area contributed by atoms with Crippen molar-refractivity contribution < 1.29 is 19.4 Å². The Morgan fingerprint density at radius 2 is 1.90 bits per heavy atom. The molecular formula is C15H25NO4. The molecule has 2 unspecified atom stereocenters. The molecule has 2 bridgehead atoms. The molecule has 3 rings (SSSR count). The number of esters is 1. The average molecular weight is 283 g/mol. The number of carbonyl (C=O) groups excluding carboxylic acids is 1. The van der Waals surface area contributed by atoms with Crippen LogP contribution < -0.4 is 5.32 Å². The predicted octanol–water partition coefficient (Wildman–Crippen LogP) is 0.992. The molecule has 2 atom stereocenters. The van der Waals surface area contributed by atoms with Gasteiger partial charge in [-0.1, -0.05) is 0 Å². The lowest BCUT2D eigenvalue weighted by molar-refractivity contribution is -0.196. The van der Waals surface area contributed by atoms with Gasteiger partial charge in [-0.15, -0.1) is 0 Å². The van der Waals surface area contributed by atoms with Crippen LogP contribution in [0.5, 0.6) is 0 Å². The third-order valence-electron chi connectivity index (χ3n) is 5.41. The molecule has 0 aromatic heterocycles. The lowest BCUT2D eigenvalue weighted by atomic mass is 9.61. The first-order valence-electron chi connectivity index (χ1n) is 7.83. The quantitative estimate of drug-likeness (QED) is 0.756. The highest BCUT2D eigenvalue weighted by atomic mass is 16.5. The van der Waals surface area contributed by atoms with Gasteiger partial charge in [-0.3, -0.25) is 4.79 Å². The van der Waals surface area contributed by atoms with Crippen molar-refractivity contribution in [3.05, 3.63) is 0 Å². The van der Waals surface area contributed by atoms with Crippen molar-refractivity contribution in [3.63, 3.8) is 0 Å². The van der Waals surface area contributed by atoms with E-state index in [4.69, 9.17) is 9.47 Å². The molecule has 114 valence electrons. The van der Waals surface area contributed by atoms with Gasteiger partial charge in [-0.05, 0) is 45.4 Å². The number of carbonyl (C=O) groups is 1. The zero-order chi connectivity index (χ0) is 14.2. The maximum atomic E-state index is 12.6. The molecule has 5 heteroatoms. The second kappa shape index (κ2) is 5.28. The SMILES string of the molecule is CCOC(=O)C1(C2(O)CC3CCC(C2)N3)CCOCC1. The fraction of sp³-hybridized carbons (Fsp3) is 0.933. The van der Waals surface area contributed by atoms with E-state index in [2.05, 4.69) is 5.32 Å². The van der Waals surface area contributed by atoms with Crippen LogP contribution in [0.1, 0.15) is 45.4 Å². The van der Waals surface area contributed by atoms with E-state index < -0.39 is 11.0 Å². The number of fused-ring (bicyclic) bond motifs is 2. The Balaban J connectivity index is 1.89. The third kappa shape index (κ3) is 2.16. The third-order valence-corrected chi connectivity index (χ3v) is 5.41. The molecule has 3 aliphatic rings. The predicted molar refractivity (Wildman–Crippen MR) is 73.2 cm³/mol. The Labute approximate surface area is 120 Å². The molecule has 0 aromatic carbocycles. The highest BCUT2D eigenvalue weighted by molar-refractivity contribution is 5.78. The van der Waals surface area contributed by atoms with Crippen molar-refractivity contribution in [1.29, 1.82) is 0 Å². The molecule has 3 heterocycles. The number of ether oxygens (including phenoxy) is 2. The lowest BCUT2D eigenvalue weighted by Gasteiger charge is -2.50. The molecule has 0 aliphatic carbocycles. The summed E-state index contributed by atoms with van der Waals surface area (Å²) < 4.78 is 10.7. The second-order valence-corrected chi connectivity index (χ2v) is 6.49. The van der Waals surface area contributed by atoms with Gasteiger partial charge in [0.15, 0.2) is 0 Å². The maximum Gasteiger partial charge on any atom is 0.315 e. The minimum atomic E-state index is -0.944. The summed E-state index contributed by atoms with van der Waals surface area (Å²) in [5, 5.41) is 14.9. The molecule has 0 saturated carbocycles. The molecule has 20 heavy (non-hydrogen) atoms. The largest absolute Gasteiger partial charge is 0.465 e. The Hall–Kier alpha value is -0.650. The van der Waals surface area contributed by atoms with Crippen molar-refractivity contribution in [2.24, 2.45) is 5.41 Å². The topological polar surface area (TPSA) is 67.8 Å². The van der Waals surface area contributed by atoms with Gasteiger partial charge in [0.2, 0.25) is 0 Å². The van der Waals surface area contributed by atoms with Crippen LogP contribution >= 0.6 is 0 Å². The average Bonchev–Trinajstić information content (AvgIpc) is 2.79. The summed E-state index contributed by atoms with van der Waals surface area (Å²) in [6, 6.07) is 0.681. The van der Waals surface area contributed by atoms with Gasteiger partial charge in [-0.25, -0.2) is 0 Å². The van der Waals surface area contributed by atoms with E-state index in [9.17, 15) is 9.90 Å². The summed E-state index contributed by atoms with van der Waals surface area (Å²) in [4.78, 5) is 12.6. The van der Waals surface area contributed by atoms with Crippen LogP contribution in [0.3, 0.4) is 0 Å². The summed E-state index contributed by atoms with van der Waals surface area (Å²) in [5.41, 5.74) is -1.72. The van der Waals surface area contributed by atoms with E-state index >= 15 is 0 Å². The van der Waals surface area contributed by atoms with Gasteiger partial charge in [0.1, 0.15) is 5.41 Å². The van der Waals surface area contributed by atoms with Gasteiger partial charge in [0, 0.05) is 25.3 Å². The van der Waals surface area contributed by atoms with Crippen molar-refractivity contribution in [2.45, 2.75) is 63.1 Å². The number of piperidine rings is 1. The molecule has 0 spiro atoms. The Morgan fingerprint density at radius 3 is 2.45 bits per heavy atom. The van der Waals surface area contributed by atoms with Crippen LogP contribution in [0.25, 0.3) is 0 Å². The number of hydrogen-bond acceptors (Lipinski definition) is 5. The van der Waals surface area contributed by atoms with E-state index in [1.54, 1.807) is 0 Å². The van der Waals surface area contributed by atoms with Crippen LogP contribution in [0.2, 0.25) is 0 Å². The number of rotatable bonds is 3. The Bertz CT molecular complexity index is 366. The summed E-state index contributed by atoms with van der Waals surface area (Å²) in [6.45, 7) is 3.25. The van der Waals surface area contributed by atoms with E-state index in [-0.39, 0.29) is 5.97 Å². The summed E-state index contributed by atoms with van der Waals surface area (Å²) in [5.74, 6) is -0.230. The molecule has 3 fully saturated rings. The first kappa shape index (κ1) is 14.3. The highest BCUT2D eigenvalue weighted by Gasteiger charge is 2.60. The van der Waals surface area contributed by atoms with Crippen LogP contribution in [0.4, 0.5) is 0 Å².